The van der Waals surface area contributed by atoms with Gasteiger partial charge in [0.05, 0.1) is 12.6 Å². The van der Waals surface area contributed by atoms with Crippen molar-refractivity contribution >= 4 is 11.8 Å². The highest BCUT2D eigenvalue weighted by atomic mass is 16.2. The van der Waals surface area contributed by atoms with Crippen LogP contribution in [0.4, 0.5) is 0 Å². The quantitative estimate of drug-likeness (QED) is 0.607. The lowest BCUT2D eigenvalue weighted by molar-refractivity contribution is -0.128. The van der Waals surface area contributed by atoms with Gasteiger partial charge in [0.1, 0.15) is 0 Å². The summed E-state index contributed by atoms with van der Waals surface area (Å²) in [5.41, 5.74) is 0. The standard InChI is InChI=1S/C9H17N3O2/c1-3-10-8(13)6-11-7-4-5-12(2)9(7)14/h7,11H,3-6H2,1-2H3,(H,10,13). The number of likely N-dealkylation sites (tertiary alicyclic amines) is 1. The Bertz CT molecular complexity index is 230. The van der Waals surface area contributed by atoms with Crippen LogP contribution in [0.15, 0.2) is 0 Å². The molecule has 1 heterocycles. The number of rotatable bonds is 4. The van der Waals surface area contributed by atoms with Gasteiger partial charge in [0.15, 0.2) is 0 Å². The molecule has 5 nitrogen and oxygen atoms in total. The maximum absolute atomic E-state index is 11.4. The molecule has 1 aliphatic rings. The third kappa shape index (κ3) is 2.70. The zero-order valence-electron chi connectivity index (χ0n) is 8.67. The Morgan fingerprint density at radius 1 is 1.64 bits per heavy atom. The van der Waals surface area contributed by atoms with Crippen LogP contribution in [0.1, 0.15) is 13.3 Å². The van der Waals surface area contributed by atoms with E-state index in [1.54, 1.807) is 11.9 Å². The van der Waals surface area contributed by atoms with Crippen molar-refractivity contribution < 1.29 is 9.59 Å². The van der Waals surface area contributed by atoms with Gasteiger partial charge in [-0.15, -0.1) is 0 Å². The van der Waals surface area contributed by atoms with Gasteiger partial charge in [-0.2, -0.15) is 0 Å². The lowest BCUT2D eigenvalue weighted by atomic mass is 10.2. The molecule has 80 valence electrons. The molecule has 0 aliphatic carbocycles. The van der Waals surface area contributed by atoms with Gasteiger partial charge >= 0.3 is 0 Å². The van der Waals surface area contributed by atoms with Gasteiger partial charge in [-0.3, -0.25) is 14.9 Å². The molecule has 0 spiro atoms. The van der Waals surface area contributed by atoms with Crippen molar-refractivity contribution in [2.45, 2.75) is 19.4 Å². The topological polar surface area (TPSA) is 61.4 Å². The highest BCUT2D eigenvalue weighted by Gasteiger charge is 2.28. The second-order valence-electron chi connectivity index (χ2n) is 3.44. The fraction of sp³-hybridized carbons (Fsp3) is 0.778. The highest BCUT2D eigenvalue weighted by Crippen LogP contribution is 2.07. The van der Waals surface area contributed by atoms with Gasteiger partial charge in [0, 0.05) is 20.1 Å². The van der Waals surface area contributed by atoms with E-state index in [2.05, 4.69) is 10.6 Å². The number of likely N-dealkylation sites (N-methyl/N-ethyl adjacent to an activating group) is 2. The van der Waals surface area contributed by atoms with E-state index in [1.807, 2.05) is 6.92 Å². The first-order valence-corrected chi connectivity index (χ1v) is 4.90. The number of nitrogens with zero attached hydrogens (tertiary/aromatic N) is 1. The summed E-state index contributed by atoms with van der Waals surface area (Å²) in [5, 5.41) is 5.61. The second kappa shape index (κ2) is 4.95. The largest absolute Gasteiger partial charge is 0.355 e. The van der Waals surface area contributed by atoms with E-state index in [1.165, 1.54) is 0 Å². The van der Waals surface area contributed by atoms with Crippen LogP contribution in [0, 0.1) is 0 Å². The molecule has 2 N–H and O–H groups in total. The Morgan fingerprint density at radius 2 is 2.36 bits per heavy atom. The van der Waals surface area contributed by atoms with Crippen LogP contribution in [0.3, 0.4) is 0 Å². The smallest absolute Gasteiger partial charge is 0.239 e. The molecule has 1 atom stereocenters. The molecular formula is C9H17N3O2. The predicted octanol–water partition coefficient (Wildman–Crippen LogP) is -1.06. The van der Waals surface area contributed by atoms with Crippen molar-refractivity contribution in [2.24, 2.45) is 0 Å². The summed E-state index contributed by atoms with van der Waals surface area (Å²) in [7, 11) is 1.77. The Labute approximate surface area is 83.8 Å². The predicted molar refractivity (Wildman–Crippen MR) is 52.7 cm³/mol. The van der Waals surface area contributed by atoms with Gasteiger partial charge in [0.2, 0.25) is 11.8 Å². The molecule has 1 unspecified atom stereocenters. The SMILES string of the molecule is CCNC(=O)CNC1CCN(C)C1=O. The van der Waals surface area contributed by atoms with E-state index in [4.69, 9.17) is 0 Å². The summed E-state index contributed by atoms with van der Waals surface area (Å²) >= 11 is 0. The van der Waals surface area contributed by atoms with Crippen molar-refractivity contribution in [3.63, 3.8) is 0 Å². The third-order valence-electron chi connectivity index (χ3n) is 2.31. The Kier molecular flexibility index (Phi) is 3.88. The van der Waals surface area contributed by atoms with Crippen molar-refractivity contribution in [3.8, 4) is 0 Å². The lowest BCUT2D eigenvalue weighted by Gasteiger charge is -2.11. The maximum atomic E-state index is 11.4. The number of hydrogen-bond donors (Lipinski definition) is 2. The third-order valence-corrected chi connectivity index (χ3v) is 2.31. The lowest BCUT2D eigenvalue weighted by Crippen LogP contribution is -2.42. The summed E-state index contributed by atoms with van der Waals surface area (Å²) in [4.78, 5) is 24.2. The van der Waals surface area contributed by atoms with Gasteiger partial charge < -0.3 is 10.2 Å². The molecule has 1 saturated heterocycles. The molecule has 1 fully saturated rings. The highest BCUT2D eigenvalue weighted by molar-refractivity contribution is 5.85. The summed E-state index contributed by atoms with van der Waals surface area (Å²) in [6, 6.07) is -0.178. The minimum Gasteiger partial charge on any atom is -0.355 e. The molecule has 2 amide bonds. The number of amides is 2. The first-order chi connectivity index (χ1) is 6.65. The molecule has 0 aromatic rings. The average Bonchev–Trinajstić information content (AvgIpc) is 2.46. The number of hydrogen-bond acceptors (Lipinski definition) is 3. The van der Waals surface area contributed by atoms with Crippen molar-refractivity contribution in [2.75, 3.05) is 26.7 Å². The minimum atomic E-state index is -0.178. The molecule has 0 bridgehead atoms. The molecule has 0 radical (unpaired) electrons. The van der Waals surface area contributed by atoms with Crippen LogP contribution in [-0.2, 0) is 9.59 Å². The van der Waals surface area contributed by atoms with Crippen molar-refractivity contribution in [3.05, 3.63) is 0 Å². The monoisotopic (exact) mass is 199 g/mol. The van der Waals surface area contributed by atoms with Gasteiger partial charge in [-0.05, 0) is 13.3 Å². The van der Waals surface area contributed by atoms with Gasteiger partial charge in [-0.1, -0.05) is 0 Å². The molecule has 1 aliphatic heterocycles. The summed E-state index contributed by atoms with van der Waals surface area (Å²) < 4.78 is 0. The Balaban J connectivity index is 2.25. The van der Waals surface area contributed by atoms with E-state index >= 15 is 0 Å². The van der Waals surface area contributed by atoms with E-state index < -0.39 is 0 Å². The van der Waals surface area contributed by atoms with Crippen LogP contribution in [0.5, 0.6) is 0 Å². The first-order valence-electron chi connectivity index (χ1n) is 4.90. The van der Waals surface area contributed by atoms with E-state index in [0.717, 1.165) is 13.0 Å². The second-order valence-corrected chi connectivity index (χ2v) is 3.44. The molecule has 5 heteroatoms. The summed E-state index contributed by atoms with van der Waals surface area (Å²) in [5.74, 6) is 0.0177. The zero-order valence-corrected chi connectivity index (χ0v) is 8.67. The summed E-state index contributed by atoms with van der Waals surface area (Å²) in [6.45, 7) is 3.48. The number of nitrogens with one attached hydrogen (secondary N) is 2. The van der Waals surface area contributed by atoms with Crippen LogP contribution in [0.25, 0.3) is 0 Å². The average molecular weight is 199 g/mol. The zero-order chi connectivity index (χ0) is 10.6. The number of carbonyl (C=O) groups is 2. The maximum Gasteiger partial charge on any atom is 0.239 e. The van der Waals surface area contributed by atoms with E-state index in [-0.39, 0.29) is 24.4 Å². The van der Waals surface area contributed by atoms with Crippen LogP contribution < -0.4 is 10.6 Å². The summed E-state index contributed by atoms with van der Waals surface area (Å²) in [6.07, 6.45) is 0.786. The van der Waals surface area contributed by atoms with E-state index in [9.17, 15) is 9.59 Å². The van der Waals surface area contributed by atoms with Gasteiger partial charge in [-0.25, -0.2) is 0 Å². The molecule has 1 rings (SSSR count). The number of carbonyl (C=O) groups excluding carboxylic acids is 2. The van der Waals surface area contributed by atoms with Crippen LogP contribution >= 0.6 is 0 Å². The first kappa shape index (κ1) is 11.0. The molecule has 14 heavy (non-hydrogen) atoms. The molecular weight excluding hydrogens is 182 g/mol. The van der Waals surface area contributed by atoms with Gasteiger partial charge in [0.25, 0.3) is 0 Å². The molecule has 0 aromatic carbocycles. The Hall–Kier alpha value is -1.10. The normalized spacial score (nSPS) is 21.4. The fourth-order valence-corrected chi connectivity index (χ4v) is 1.49. The Morgan fingerprint density at radius 3 is 2.86 bits per heavy atom. The van der Waals surface area contributed by atoms with Crippen LogP contribution in [-0.4, -0.2) is 49.4 Å². The van der Waals surface area contributed by atoms with Crippen molar-refractivity contribution in [1.29, 1.82) is 0 Å². The van der Waals surface area contributed by atoms with Crippen LogP contribution in [0.2, 0.25) is 0 Å². The van der Waals surface area contributed by atoms with Crippen molar-refractivity contribution in [1.82, 2.24) is 15.5 Å². The fourth-order valence-electron chi connectivity index (χ4n) is 1.49. The molecule has 0 saturated carbocycles. The van der Waals surface area contributed by atoms with E-state index in [0.29, 0.717) is 6.54 Å². The molecule has 0 aromatic heterocycles. The minimum absolute atomic E-state index is 0.0603.